The summed E-state index contributed by atoms with van der Waals surface area (Å²) in [6.07, 6.45) is 0. The molecule has 0 aliphatic carbocycles. The van der Waals surface area contributed by atoms with Crippen molar-refractivity contribution in [3.63, 3.8) is 0 Å². The van der Waals surface area contributed by atoms with Crippen LogP contribution in [0, 0.1) is 0 Å². The van der Waals surface area contributed by atoms with Crippen LogP contribution in [-0.2, 0) is 5.60 Å². The standard InChI is InChI=1S/C9H12ClNO/c1-9(12,6-11)7-2-4-8(10)5-3-7/h2-5,12H,6,11H2,1H3. The highest BCUT2D eigenvalue weighted by atomic mass is 35.5. The fraction of sp³-hybridized carbons (Fsp3) is 0.333. The van der Waals surface area contributed by atoms with E-state index in [1.54, 1.807) is 31.2 Å². The Morgan fingerprint density at radius 3 is 2.33 bits per heavy atom. The molecule has 1 atom stereocenters. The molecule has 66 valence electrons. The van der Waals surface area contributed by atoms with Gasteiger partial charge in [0.25, 0.3) is 0 Å². The lowest BCUT2D eigenvalue weighted by Crippen LogP contribution is -2.31. The first-order valence-corrected chi connectivity index (χ1v) is 4.12. The highest BCUT2D eigenvalue weighted by molar-refractivity contribution is 6.30. The van der Waals surface area contributed by atoms with E-state index in [2.05, 4.69) is 0 Å². The topological polar surface area (TPSA) is 46.2 Å². The molecule has 0 aliphatic rings. The fourth-order valence-electron chi connectivity index (χ4n) is 0.927. The van der Waals surface area contributed by atoms with E-state index in [9.17, 15) is 5.11 Å². The third kappa shape index (κ3) is 1.97. The summed E-state index contributed by atoms with van der Waals surface area (Å²) in [6.45, 7) is 1.88. The van der Waals surface area contributed by atoms with Crippen LogP contribution in [0.15, 0.2) is 24.3 Å². The highest BCUT2D eigenvalue weighted by Gasteiger charge is 2.19. The van der Waals surface area contributed by atoms with Gasteiger partial charge in [0.1, 0.15) is 0 Å². The predicted molar refractivity (Wildman–Crippen MR) is 50.1 cm³/mol. The quantitative estimate of drug-likeness (QED) is 0.734. The number of halogens is 1. The normalized spacial score (nSPS) is 15.7. The van der Waals surface area contributed by atoms with E-state index < -0.39 is 5.60 Å². The van der Waals surface area contributed by atoms with Gasteiger partial charge in [-0.05, 0) is 24.6 Å². The second-order valence-corrected chi connectivity index (χ2v) is 3.42. The Morgan fingerprint density at radius 2 is 1.92 bits per heavy atom. The molecule has 1 aromatic carbocycles. The summed E-state index contributed by atoms with van der Waals surface area (Å²) in [5.74, 6) is 0. The van der Waals surface area contributed by atoms with Crippen LogP contribution in [0.4, 0.5) is 0 Å². The van der Waals surface area contributed by atoms with Crippen molar-refractivity contribution in [2.75, 3.05) is 6.54 Å². The van der Waals surface area contributed by atoms with Gasteiger partial charge in [-0.2, -0.15) is 0 Å². The van der Waals surface area contributed by atoms with Crippen LogP contribution in [-0.4, -0.2) is 11.7 Å². The van der Waals surface area contributed by atoms with Crippen LogP contribution in [0.1, 0.15) is 12.5 Å². The number of nitrogens with two attached hydrogens (primary N) is 1. The molecule has 0 spiro atoms. The number of aliphatic hydroxyl groups is 1. The van der Waals surface area contributed by atoms with Crippen LogP contribution in [0.5, 0.6) is 0 Å². The molecule has 2 nitrogen and oxygen atoms in total. The summed E-state index contributed by atoms with van der Waals surface area (Å²) in [4.78, 5) is 0. The molecule has 0 bridgehead atoms. The minimum absolute atomic E-state index is 0.203. The minimum atomic E-state index is -0.954. The molecular weight excluding hydrogens is 174 g/mol. The van der Waals surface area contributed by atoms with Crippen LogP contribution in [0.2, 0.25) is 5.02 Å². The number of benzene rings is 1. The van der Waals surface area contributed by atoms with Crippen molar-refractivity contribution in [2.24, 2.45) is 5.73 Å². The van der Waals surface area contributed by atoms with Gasteiger partial charge in [0.15, 0.2) is 0 Å². The Balaban J connectivity index is 2.96. The molecule has 0 heterocycles. The van der Waals surface area contributed by atoms with Crippen LogP contribution < -0.4 is 5.73 Å². The fourth-order valence-corrected chi connectivity index (χ4v) is 1.05. The molecule has 3 heteroatoms. The number of hydrogen-bond acceptors (Lipinski definition) is 2. The molecule has 0 aliphatic heterocycles. The largest absolute Gasteiger partial charge is 0.384 e. The maximum absolute atomic E-state index is 9.72. The lowest BCUT2D eigenvalue weighted by Gasteiger charge is -2.21. The van der Waals surface area contributed by atoms with Gasteiger partial charge in [-0.1, -0.05) is 23.7 Å². The molecule has 0 radical (unpaired) electrons. The van der Waals surface area contributed by atoms with Crippen LogP contribution in [0.3, 0.4) is 0 Å². The number of rotatable bonds is 2. The van der Waals surface area contributed by atoms with E-state index in [1.807, 2.05) is 0 Å². The molecule has 12 heavy (non-hydrogen) atoms. The lowest BCUT2D eigenvalue weighted by atomic mass is 9.97. The molecule has 0 saturated heterocycles. The zero-order valence-electron chi connectivity index (χ0n) is 6.92. The van der Waals surface area contributed by atoms with E-state index in [1.165, 1.54) is 0 Å². The lowest BCUT2D eigenvalue weighted by molar-refractivity contribution is 0.0668. The van der Waals surface area contributed by atoms with Crippen molar-refractivity contribution in [3.05, 3.63) is 34.9 Å². The van der Waals surface area contributed by atoms with E-state index in [0.717, 1.165) is 5.56 Å². The average molecular weight is 186 g/mol. The molecule has 1 unspecified atom stereocenters. The Kier molecular flexibility index (Phi) is 2.73. The molecule has 3 N–H and O–H groups in total. The molecule has 0 fully saturated rings. The summed E-state index contributed by atoms with van der Waals surface area (Å²) in [5.41, 5.74) is 5.23. The summed E-state index contributed by atoms with van der Waals surface area (Å²) in [5, 5.41) is 10.4. The van der Waals surface area contributed by atoms with Crippen molar-refractivity contribution in [1.29, 1.82) is 0 Å². The Labute approximate surface area is 77.0 Å². The highest BCUT2D eigenvalue weighted by Crippen LogP contribution is 2.20. The zero-order chi connectivity index (χ0) is 9.19. The Morgan fingerprint density at radius 1 is 1.42 bits per heavy atom. The second-order valence-electron chi connectivity index (χ2n) is 2.98. The van der Waals surface area contributed by atoms with Gasteiger partial charge in [0, 0.05) is 11.6 Å². The summed E-state index contributed by atoms with van der Waals surface area (Å²) in [6, 6.07) is 7.02. The van der Waals surface area contributed by atoms with E-state index in [4.69, 9.17) is 17.3 Å². The Hall–Kier alpha value is -0.570. The van der Waals surface area contributed by atoms with Crippen molar-refractivity contribution < 1.29 is 5.11 Å². The molecule has 0 aromatic heterocycles. The first-order valence-electron chi connectivity index (χ1n) is 3.75. The van der Waals surface area contributed by atoms with Crippen molar-refractivity contribution in [2.45, 2.75) is 12.5 Å². The van der Waals surface area contributed by atoms with Gasteiger partial charge in [-0.15, -0.1) is 0 Å². The van der Waals surface area contributed by atoms with Gasteiger partial charge >= 0.3 is 0 Å². The molecule has 1 rings (SSSR count). The van der Waals surface area contributed by atoms with E-state index in [-0.39, 0.29) is 6.54 Å². The first-order chi connectivity index (χ1) is 5.56. The van der Waals surface area contributed by atoms with E-state index in [0.29, 0.717) is 5.02 Å². The van der Waals surface area contributed by atoms with Crippen molar-refractivity contribution >= 4 is 11.6 Å². The second kappa shape index (κ2) is 3.44. The Bertz CT molecular complexity index is 256. The molecule has 1 aromatic rings. The third-order valence-corrected chi connectivity index (χ3v) is 2.12. The maximum Gasteiger partial charge on any atom is 0.0990 e. The smallest absolute Gasteiger partial charge is 0.0990 e. The molecule has 0 amide bonds. The molecule has 0 saturated carbocycles. The maximum atomic E-state index is 9.72. The minimum Gasteiger partial charge on any atom is -0.384 e. The predicted octanol–water partition coefficient (Wildman–Crippen LogP) is 1.51. The third-order valence-electron chi connectivity index (χ3n) is 1.86. The summed E-state index contributed by atoms with van der Waals surface area (Å²) in [7, 11) is 0. The number of hydrogen-bond donors (Lipinski definition) is 2. The molecular formula is C9H12ClNO. The van der Waals surface area contributed by atoms with Crippen LogP contribution >= 0.6 is 11.6 Å². The van der Waals surface area contributed by atoms with Gasteiger partial charge < -0.3 is 10.8 Å². The monoisotopic (exact) mass is 185 g/mol. The van der Waals surface area contributed by atoms with Crippen molar-refractivity contribution in [3.8, 4) is 0 Å². The first kappa shape index (κ1) is 9.52. The van der Waals surface area contributed by atoms with Gasteiger partial charge in [0.05, 0.1) is 5.60 Å². The SMILES string of the molecule is CC(O)(CN)c1ccc(Cl)cc1. The van der Waals surface area contributed by atoms with Gasteiger partial charge in [0.2, 0.25) is 0 Å². The van der Waals surface area contributed by atoms with Crippen LogP contribution in [0.25, 0.3) is 0 Å². The summed E-state index contributed by atoms with van der Waals surface area (Å²) >= 11 is 5.69. The van der Waals surface area contributed by atoms with Gasteiger partial charge in [-0.3, -0.25) is 0 Å². The summed E-state index contributed by atoms with van der Waals surface area (Å²) < 4.78 is 0. The van der Waals surface area contributed by atoms with E-state index >= 15 is 0 Å². The average Bonchev–Trinajstić information content (AvgIpc) is 2.05. The zero-order valence-corrected chi connectivity index (χ0v) is 7.67. The van der Waals surface area contributed by atoms with Crippen molar-refractivity contribution in [1.82, 2.24) is 0 Å². The van der Waals surface area contributed by atoms with Gasteiger partial charge in [-0.25, -0.2) is 0 Å².